The highest BCUT2D eigenvalue weighted by Gasteiger charge is 2.36. The molecule has 0 bridgehead atoms. The third-order valence-electron chi connectivity index (χ3n) is 5.64. The summed E-state index contributed by atoms with van der Waals surface area (Å²) >= 11 is 0. The Bertz CT molecular complexity index is 1200. The lowest BCUT2D eigenvalue weighted by molar-refractivity contribution is 0.102. The average molecular weight is 438 g/mol. The summed E-state index contributed by atoms with van der Waals surface area (Å²) in [5.41, 5.74) is 1.92. The summed E-state index contributed by atoms with van der Waals surface area (Å²) in [6, 6.07) is 18.2. The molecule has 8 heteroatoms. The minimum atomic E-state index is -3.03. The fourth-order valence-corrected chi connectivity index (χ4v) is 5.58. The molecule has 2 fully saturated rings. The van der Waals surface area contributed by atoms with Gasteiger partial charge < -0.3 is 10.1 Å². The molecule has 1 amide bonds. The molecule has 1 aliphatic carbocycles. The Morgan fingerprint density at radius 2 is 1.71 bits per heavy atom. The normalized spacial score (nSPS) is 19.8. The van der Waals surface area contributed by atoms with E-state index in [2.05, 4.69) is 10.4 Å². The molecular formula is C23H23N3O4S. The molecule has 1 aromatic heterocycles. The van der Waals surface area contributed by atoms with Crippen molar-refractivity contribution >= 4 is 21.4 Å². The fraction of sp³-hybridized carbons (Fsp3) is 0.304. The predicted octanol–water partition coefficient (Wildman–Crippen LogP) is 4.16. The SMILES string of the molecule is O=C(Nc1ccc(Oc2ccccc2)cc1)c1cc(C2CC2)n(C2CCS(=O)(=O)C2)n1. The van der Waals surface area contributed by atoms with Crippen LogP contribution in [0.15, 0.2) is 60.7 Å². The number of benzene rings is 2. The van der Waals surface area contributed by atoms with Crippen LogP contribution in [0.1, 0.15) is 47.4 Å². The van der Waals surface area contributed by atoms with Crippen LogP contribution in [0.4, 0.5) is 5.69 Å². The van der Waals surface area contributed by atoms with E-state index in [1.54, 1.807) is 28.9 Å². The first-order valence-corrected chi connectivity index (χ1v) is 12.2. The fourth-order valence-electron chi connectivity index (χ4n) is 3.89. The van der Waals surface area contributed by atoms with Gasteiger partial charge in [0.15, 0.2) is 15.5 Å². The number of ether oxygens (including phenoxy) is 1. The first-order valence-electron chi connectivity index (χ1n) is 10.4. The minimum absolute atomic E-state index is 0.0956. The van der Waals surface area contributed by atoms with Crippen molar-refractivity contribution < 1.29 is 17.9 Å². The molecule has 3 aromatic rings. The number of nitrogens with zero attached hydrogens (tertiary/aromatic N) is 2. The number of amides is 1. The third-order valence-corrected chi connectivity index (χ3v) is 7.39. The quantitative estimate of drug-likeness (QED) is 0.625. The van der Waals surface area contributed by atoms with Gasteiger partial charge in [0.25, 0.3) is 5.91 Å². The standard InChI is InChI=1S/C23H23N3O4S/c27-23(24-17-8-10-20(11-9-17)30-19-4-2-1-3-5-19)21-14-22(16-6-7-16)26(25-21)18-12-13-31(28,29)15-18/h1-5,8-11,14,16,18H,6-7,12-13,15H2,(H,24,27). The van der Waals surface area contributed by atoms with Gasteiger partial charge >= 0.3 is 0 Å². The van der Waals surface area contributed by atoms with Crippen molar-refractivity contribution in [1.29, 1.82) is 0 Å². The van der Waals surface area contributed by atoms with Gasteiger partial charge in [0.2, 0.25) is 0 Å². The predicted molar refractivity (Wildman–Crippen MR) is 117 cm³/mol. The highest BCUT2D eigenvalue weighted by molar-refractivity contribution is 7.91. The zero-order valence-electron chi connectivity index (χ0n) is 16.9. The summed E-state index contributed by atoms with van der Waals surface area (Å²) in [6.07, 6.45) is 2.65. The summed E-state index contributed by atoms with van der Waals surface area (Å²) in [4.78, 5) is 12.8. The van der Waals surface area contributed by atoms with Gasteiger partial charge in [0, 0.05) is 17.3 Å². The van der Waals surface area contributed by atoms with Gasteiger partial charge in [-0.1, -0.05) is 18.2 Å². The molecular weight excluding hydrogens is 414 g/mol. The summed E-state index contributed by atoms with van der Waals surface area (Å²) in [6.45, 7) is 0. The Hall–Kier alpha value is -3.13. The Labute approximate surface area is 181 Å². The van der Waals surface area contributed by atoms with E-state index in [0.717, 1.165) is 24.3 Å². The molecule has 1 saturated heterocycles. The van der Waals surface area contributed by atoms with E-state index in [0.29, 0.717) is 29.5 Å². The molecule has 5 rings (SSSR count). The van der Waals surface area contributed by atoms with Crippen molar-refractivity contribution in [2.24, 2.45) is 0 Å². The number of sulfone groups is 1. The van der Waals surface area contributed by atoms with Gasteiger partial charge in [0.1, 0.15) is 11.5 Å². The van der Waals surface area contributed by atoms with E-state index >= 15 is 0 Å². The summed E-state index contributed by atoms with van der Waals surface area (Å²) < 4.78 is 31.4. The van der Waals surface area contributed by atoms with Crippen molar-refractivity contribution in [3.05, 3.63) is 72.1 Å². The molecule has 1 saturated carbocycles. The lowest BCUT2D eigenvalue weighted by atomic mass is 10.2. The Kier molecular flexibility index (Phi) is 5.02. The number of rotatable bonds is 6. The van der Waals surface area contributed by atoms with Gasteiger partial charge in [-0.05, 0) is 61.7 Å². The zero-order chi connectivity index (χ0) is 21.4. The first-order chi connectivity index (χ1) is 15.0. The van der Waals surface area contributed by atoms with Crippen molar-refractivity contribution in [2.75, 3.05) is 16.8 Å². The van der Waals surface area contributed by atoms with E-state index in [1.807, 2.05) is 36.4 Å². The lowest BCUT2D eigenvalue weighted by Gasteiger charge is -2.12. The van der Waals surface area contributed by atoms with Crippen LogP contribution in [0.2, 0.25) is 0 Å². The van der Waals surface area contributed by atoms with Crippen molar-refractivity contribution in [3.63, 3.8) is 0 Å². The van der Waals surface area contributed by atoms with Crippen LogP contribution in [0.3, 0.4) is 0 Å². The van der Waals surface area contributed by atoms with Crippen LogP contribution >= 0.6 is 0 Å². The average Bonchev–Trinajstić information content (AvgIpc) is 3.40. The first kappa shape index (κ1) is 19.8. The number of hydrogen-bond donors (Lipinski definition) is 1. The van der Waals surface area contributed by atoms with Gasteiger partial charge in [-0.15, -0.1) is 0 Å². The summed E-state index contributed by atoms with van der Waals surface area (Å²) in [5, 5.41) is 7.37. The van der Waals surface area contributed by atoms with Crippen LogP contribution in [-0.2, 0) is 9.84 Å². The minimum Gasteiger partial charge on any atom is -0.457 e. The van der Waals surface area contributed by atoms with Gasteiger partial charge in [-0.2, -0.15) is 5.10 Å². The van der Waals surface area contributed by atoms with E-state index in [4.69, 9.17) is 4.74 Å². The molecule has 160 valence electrons. The van der Waals surface area contributed by atoms with E-state index < -0.39 is 9.84 Å². The number of hydrogen-bond acceptors (Lipinski definition) is 5. The molecule has 1 atom stereocenters. The second-order valence-corrected chi connectivity index (χ2v) is 10.4. The van der Waals surface area contributed by atoms with E-state index in [1.165, 1.54) is 0 Å². The number of aromatic nitrogens is 2. The van der Waals surface area contributed by atoms with Gasteiger partial charge in [0.05, 0.1) is 17.5 Å². The number of nitrogens with one attached hydrogen (secondary N) is 1. The van der Waals surface area contributed by atoms with Crippen LogP contribution in [0.5, 0.6) is 11.5 Å². The smallest absolute Gasteiger partial charge is 0.276 e. The van der Waals surface area contributed by atoms with Gasteiger partial charge in [-0.25, -0.2) is 8.42 Å². The molecule has 2 aromatic carbocycles. The van der Waals surface area contributed by atoms with E-state index in [-0.39, 0.29) is 23.5 Å². The maximum atomic E-state index is 12.8. The van der Waals surface area contributed by atoms with Gasteiger partial charge in [-0.3, -0.25) is 9.48 Å². The molecule has 1 unspecified atom stereocenters. The molecule has 31 heavy (non-hydrogen) atoms. The number of anilines is 1. The third kappa shape index (κ3) is 4.49. The molecule has 1 N–H and O–H groups in total. The molecule has 1 aliphatic heterocycles. The summed E-state index contributed by atoms with van der Waals surface area (Å²) in [7, 11) is -3.03. The van der Waals surface area contributed by atoms with E-state index in [9.17, 15) is 13.2 Å². The number of carbonyl (C=O) groups excluding carboxylic acids is 1. The maximum Gasteiger partial charge on any atom is 0.276 e. The second kappa shape index (κ2) is 7.85. The zero-order valence-corrected chi connectivity index (χ0v) is 17.7. The molecule has 2 heterocycles. The summed E-state index contributed by atoms with van der Waals surface area (Å²) in [5.74, 6) is 1.75. The van der Waals surface area contributed by atoms with Crippen LogP contribution in [-0.4, -0.2) is 35.6 Å². The molecule has 0 spiro atoms. The van der Waals surface area contributed by atoms with Crippen LogP contribution in [0.25, 0.3) is 0 Å². The highest BCUT2D eigenvalue weighted by Crippen LogP contribution is 2.42. The molecule has 2 aliphatic rings. The van der Waals surface area contributed by atoms with Crippen LogP contribution < -0.4 is 10.1 Å². The Morgan fingerprint density at radius 3 is 2.35 bits per heavy atom. The monoisotopic (exact) mass is 437 g/mol. The topological polar surface area (TPSA) is 90.3 Å². The Morgan fingerprint density at radius 1 is 1.00 bits per heavy atom. The molecule has 0 radical (unpaired) electrons. The number of para-hydroxylation sites is 1. The van der Waals surface area contributed by atoms with Crippen molar-refractivity contribution in [1.82, 2.24) is 9.78 Å². The van der Waals surface area contributed by atoms with Crippen molar-refractivity contribution in [3.8, 4) is 11.5 Å². The largest absolute Gasteiger partial charge is 0.457 e. The second-order valence-electron chi connectivity index (χ2n) is 8.12. The van der Waals surface area contributed by atoms with Crippen LogP contribution in [0, 0.1) is 0 Å². The lowest BCUT2D eigenvalue weighted by Crippen LogP contribution is -2.17. The van der Waals surface area contributed by atoms with Crippen molar-refractivity contribution in [2.45, 2.75) is 31.2 Å². The highest BCUT2D eigenvalue weighted by atomic mass is 32.2. The molecule has 7 nitrogen and oxygen atoms in total. The number of carbonyl (C=O) groups is 1. The maximum absolute atomic E-state index is 12.8. The Balaban J connectivity index is 1.30.